The highest BCUT2D eigenvalue weighted by atomic mass is 16.6. The van der Waals surface area contributed by atoms with Gasteiger partial charge in [-0.05, 0) is 42.8 Å². The number of rotatable bonds is 21. The van der Waals surface area contributed by atoms with E-state index in [0.29, 0.717) is 58.5 Å². The average molecular weight is 657 g/mol. The van der Waals surface area contributed by atoms with Crippen LogP contribution in [0.5, 0.6) is 11.5 Å². The minimum Gasteiger partial charge on any atom is -0.491 e. The number of hydrogen-bond donors (Lipinski definition) is 3. The Balaban J connectivity index is 0.975. The fourth-order valence-corrected chi connectivity index (χ4v) is 4.75. The van der Waals surface area contributed by atoms with Crippen molar-refractivity contribution in [1.82, 2.24) is 15.5 Å². The third kappa shape index (κ3) is 10.7. The quantitative estimate of drug-likeness (QED) is 0.0969. The van der Waals surface area contributed by atoms with Crippen molar-refractivity contribution in [2.45, 2.75) is 25.3 Å². The molecule has 2 aliphatic heterocycles. The van der Waals surface area contributed by atoms with Crippen molar-refractivity contribution in [3.8, 4) is 11.5 Å². The van der Waals surface area contributed by atoms with Gasteiger partial charge in [-0.2, -0.15) is 0 Å². The first-order chi connectivity index (χ1) is 22.8. The summed E-state index contributed by atoms with van der Waals surface area (Å²) in [5, 5.41) is 4.87. The van der Waals surface area contributed by atoms with Crippen molar-refractivity contribution in [3.63, 3.8) is 0 Å². The van der Waals surface area contributed by atoms with E-state index in [-0.39, 0.29) is 61.8 Å². The lowest BCUT2D eigenvalue weighted by Crippen LogP contribution is -2.54. The molecule has 1 fully saturated rings. The maximum absolute atomic E-state index is 13.1. The van der Waals surface area contributed by atoms with Crippen LogP contribution in [0.1, 0.15) is 40.0 Å². The van der Waals surface area contributed by atoms with E-state index in [1.807, 2.05) is 0 Å². The van der Waals surface area contributed by atoms with Gasteiger partial charge in [-0.25, -0.2) is 0 Å². The number of benzene rings is 2. The van der Waals surface area contributed by atoms with E-state index >= 15 is 0 Å². The second-order valence-electron chi connectivity index (χ2n) is 10.4. The van der Waals surface area contributed by atoms with Gasteiger partial charge < -0.3 is 39.5 Å². The molecule has 4 rings (SSSR count). The van der Waals surface area contributed by atoms with Gasteiger partial charge >= 0.3 is 0 Å². The Labute approximate surface area is 271 Å². The molecule has 47 heavy (non-hydrogen) atoms. The van der Waals surface area contributed by atoms with Crippen LogP contribution in [0.2, 0.25) is 0 Å². The minimum atomic E-state index is -1.06. The van der Waals surface area contributed by atoms with Crippen LogP contribution in [0.3, 0.4) is 0 Å². The van der Waals surface area contributed by atoms with Crippen molar-refractivity contribution in [3.05, 3.63) is 53.6 Å². The Kier molecular flexibility index (Phi) is 13.9. The van der Waals surface area contributed by atoms with Crippen LogP contribution in [-0.2, 0) is 33.3 Å². The molecule has 2 aromatic carbocycles. The Morgan fingerprint density at radius 2 is 1.43 bits per heavy atom. The van der Waals surface area contributed by atoms with E-state index in [9.17, 15) is 24.0 Å². The molecular formula is C32H40N4O11. The molecule has 0 aliphatic carbocycles. The predicted octanol–water partition coefficient (Wildman–Crippen LogP) is 0.701. The smallest absolute Gasteiger partial charge is 0.266 e. The number of nitrogen functional groups attached to an aromatic ring is 1. The van der Waals surface area contributed by atoms with Gasteiger partial charge in [0, 0.05) is 18.5 Å². The summed E-state index contributed by atoms with van der Waals surface area (Å²) in [6.07, 6.45) is 0.234. The lowest BCUT2D eigenvalue weighted by atomic mass is 10.0. The molecular weight excluding hydrogens is 616 g/mol. The molecule has 0 saturated carbocycles. The van der Waals surface area contributed by atoms with Gasteiger partial charge in [0.1, 0.15) is 30.8 Å². The standard InChI is InChI=1S/C32H40N4O11/c33-22-4-6-23(7-5-22)46-21-20-45-19-18-44-17-16-43-15-14-42-12-10-27(37)34-11-13-47-26-3-1-2-24-29(26)32(41)36(31(24)40)25-8-9-28(38)35-30(25)39/h1-7,25H,8-21,33H2,(H,34,37)(H,35,38,39). The first kappa shape index (κ1) is 35.3. The van der Waals surface area contributed by atoms with Crippen molar-refractivity contribution >= 4 is 35.2 Å². The number of nitrogens with two attached hydrogens (primary N) is 1. The Morgan fingerprint density at radius 1 is 0.787 bits per heavy atom. The number of amides is 5. The number of imide groups is 2. The fourth-order valence-electron chi connectivity index (χ4n) is 4.75. The highest BCUT2D eigenvalue weighted by molar-refractivity contribution is 6.24. The molecule has 1 unspecified atom stereocenters. The Hall–Kier alpha value is -4.57. The molecule has 15 nitrogen and oxygen atoms in total. The summed E-state index contributed by atoms with van der Waals surface area (Å²) < 4.78 is 33.0. The van der Waals surface area contributed by atoms with Gasteiger partial charge in [-0.1, -0.05) is 6.07 Å². The number of carbonyl (C=O) groups is 5. The van der Waals surface area contributed by atoms with Gasteiger partial charge in [-0.15, -0.1) is 0 Å². The molecule has 4 N–H and O–H groups in total. The van der Waals surface area contributed by atoms with Crippen LogP contribution in [0.4, 0.5) is 5.69 Å². The molecule has 0 bridgehead atoms. The SMILES string of the molecule is Nc1ccc(OCCOCCOCCOCCOCCC(=O)NCCOc2cccc3c2C(=O)N(C2CCC(=O)NC2=O)C3=O)cc1. The maximum Gasteiger partial charge on any atom is 0.266 e. The molecule has 15 heteroatoms. The van der Waals surface area contributed by atoms with Gasteiger partial charge in [0.2, 0.25) is 17.7 Å². The molecule has 1 atom stereocenters. The second-order valence-corrected chi connectivity index (χ2v) is 10.4. The number of fused-ring (bicyclic) bond motifs is 1. The lowest BCUT2D eigenvalue weighted by Gasteiger charge is -2.27. The second kappa shape index (κ2) is 18.5. The molecule has 5 amide bonds. The summed E-state index contributed by atoms with van der Waals surface area (Å²) in [5.74, 6) is -1.74. The number of ether oxygens (including phenoxy) is 6. The van der Waals surface area contributed by atoms with E-state index < -0.39 is 29.7 Å². The summed E-state index contributed by atoms with van der Waals surface area (Å²) in [5.41, 5.74) is 6.49. The van der Waals surface area contributed by atoms with Gasteiger partial charge in [-0.3, -0.25) is 34.2 Å². The highest BCUT2D eigenvalue weighted by Crippen LogP contribution is 2.33. The number of nitrogens with zero attached hydrogens (tertiary/aromatic N) is 1. The summed E-state index contributed by atoms with van der Waals surface area (Å²) in [4.78, 5) is 62.8. The van der Waals surface area contributed by atoms with Crippen molar-refractivity contribution in [2.75, 3.05) is 78.3 Å². The van der Waals surface area contributed by atoms with Crippen LogP contribution in [0, 0.1) is 0 Å². The van der Waals surface area contributed by atoms with E-state index in [0.717, 1.165) is 10.6 Å². The Morgan fingerprint density at radius 3 is 2.09 bits per heavy atom. The topological polar surface area (TPSA) is 194 Å². The summed E-state index contributed by atoms with van der Waals surface area (Å²) >= 11 is 0. The van der Waals surface area contributed by atoms with Gasteiger partial charge in [0.25, 0.3) is 11.8 Å². The molecule has 2 aliphatic rings. The Bertz CT molecular complexity index is 1390. The van der Waals surface area contributed by atoms with Crippen molar-refractivity contribution in [1.29, 1.82) is 0 Å². The number of carbonyl (C=O) groups excluding carboxylic acids is 5. The number of hydrogen-bond acceptors (Lipinski definition) is 12. The van der Waals surface area contributed by atoms with Crippen LogP contribution in [0.15, 0.2) is 42.5 Å². The highest BCUT2D eigenvalue weighted by Gasteiger charge is 2.46. The zero-order valence-electron chi connectivity index (χ0n) is 26.0. The van der Waals surface area contributed by atoms with E-state index in [1.165, 1.54) is 6.07 Å². The monoisotopic (exact) mass is 656 g/mol. The van der Waals surface area contributed by atoms with E-state index in [2.05, 4.69) is 10.6 Å². The first-order valence-electron chi connectivity index (χ1n) is 15.4. The normalized spacial score (nSPS) is 15.8. The average Bonchev–Trinajstić information content (AvgIpc) is 3.31. The number of piperidine rings is 1. The zero-order valence-corrected chi connectivity index (χ0v) is 26.0. The molecule has 2 aromatic rings. The molecule has 0 aromatic heterocycles. The third-order valence-electron chi connectivity index (χ3n) is 7.08. The van der Waals surface area contributed by atoms with Crippen molar-refractivity contribution < 1.29 is 52.4 Å². The third-order valence-corrected chi connectivity index (χ3v) is 7.08. The number of nitrogens with one attached hydrogen (secondary N) is 2. The minimum absolute atomic E-state index is 0.0314. The van der Waals surface area contributed by atoms with Crippen LogP contribution >= 0.6 is 0 Å². The zero-order chi connectivity index (χ0) is 33.4. The van der Waals surface area contributed by atoms with E-state index in [1.54, 1.807) is 36.4 Å². The summed E-state index contributed by atoms with van der Waals surface area (Å²) in [7, 11) is 0. The molecule has 254 valence electrons. The van der Waals surface area contributed by atoms with Gasteiger partial charge in [0.15, 0.2) is 0 Å². The molecule has 0 spiro atoms. The van der Waals surface area contributed by atoms with Crippen molar-refractivity contribution in [2.24, 2.45) is 0 Å². The maximum atomic E-state index is 13.1. The lowest BCUT2D eigenvalue weighted by molar-refractivity contribution is -0.136. The summed E-state index contributed by atoms with van der Waals surface area (Å²) in [6, 6.07) is 10.7. The largest absolute Gasteiger partial charge is 0.491 e. The van der Waals surface area contributed by atoms with Gasteiger partial charge in [0.05, 0.1) is 70.5 Å². The van der Waals surface area contributed by atoms with Crippen LogP contribution in [0.25, 0.3) is 0 Å². The predicted molar refractivity (Wildman–Crippen MR) is 166 cm³/mol. The van der Waals surface area contributed by atoms with E-state index in [4.69, 9.17) is 34.2 Å². The van der Waals surface area contributed by atoms with Crippen LogP contribution < -0.4 is 25.8 Å². The number of anilines is 1. The molecule has 0 radical (unpaired) electrons. The summed E-state index contributed by atoms with van der Waals surface area (Å²) in [6.45, 7) is 3.70. The fraction of sp³-hybridized carbons (Fsp3) is 0.469. The first-order valence-corrected chi connectivity index (χ1v) is 15.4. The molecule has 1 saturated heterocycles. The van der Waals surface area contributed by atoms with Crippen LogP contribution in [-0.4, -0.2) is 113 Å². The molecule has 2 heterocycles.